The molecule has 1 saturated carbocycles. The first-order chi connectivity index (χ1) is 13.1. The lowest BCUT2D eigenvalue weighted by Crippen LogP contribution is -2.34. The first-order valence-corrected chi connectivity index (χ1v) is 9.53. The number of carbonyl (C=O) groups is 1. The Morgan fingerprint density at radius 1 is 1.19 bits per heavy atom. The predicted molar refractivity (Wildman–Crippen MR) is 108 cm³/mol. The molecule has 0 spiro atoms. The number of nitrogens with zero attached hydrogens (tertiary/aromatic N) is 2. The molecule has 0 bridgehead atoms. The summed E-state index contributed by atoms with van der Waals surface area (Å²) in [6.45, 7) is 2.85. The number of aryl methyl sites for hydroxylation is 1. The molecule has 5 nitrogen and oxygen atoms in total. The van der Waals surface area contributed by atoms with Crippen LogP contribution in [0.4, 0.5) is 0 Å². The Labute approximate surface area is 163 Å². The Kier molecular flexibility index (Phi) is 4.66. The SMILES string of the molecule is Cc1ccc(-c2n[nH]c(=S)n2CC(=O)NCC2(c3ccccc3)CC2)cc1. The highest BCUT2D eigenvalue weighted by Gasteiger charge is 2.44. The van der Waals surface area contributed by atoms with Gasteiger partial charge in [0.25, 0.3) is 0 Å². The maximum Gasteiger partial charge on any atom is 0.240 e. The van der Waals surface area contributed by atoms with E-state index in [-0.39, 0.29) is 17.9 Å². The smallest absolute Gasteiger partial charge is 0.240 e. The number of hydrogen-bond acceptors (Lipinski definition) is 3. The first kappa shape index (κ1) is 17.7. The highest BCUT2D eigenvalue weighted by Crippen LogP contribution is 2.47. The van der Waals surface area contributed by atoms with Gasteiger partial charge in [0.1, 0.15) is 6.54 Å². The summed E-state index contributed by atoms with van der Waals surface area (Å²) in [4.78, 5) is 12.6. The highest BCUT2D eigenvalue weighted by molar-refractivity contribution is 7.71. The van der Waals surface area contributed by atoms with E-state index in [0.717, 1.165) is 18.4 Å². The van der Waals surface area contributed by atoms with Crippen LogP contribution in [0.2, 0.25) is 0 Å². The van der Waals surface area contributed by atoms with Crippen molar-refractivity contribution in [2.24, 2.45) is 0 Å². The van der Waals surface area contributed by atoms with Crippen molar-refractivity contribution in [2.75, 3.05) is 6.54 Å². The largest absolute Gasteiger partial charge is 0.354 e. The van der Waals surface area contributed by atoms with Crippen LogP contribution in [0.15, 0.2) is 54.6 Å². The summed E-state index contributed by atoms with van der Waals surface area (Å²) in [7, 11) is 0. The van der Waals surface area contributed by atoms with E-state index in [1.54, 1.807) is 4.57 Å². The first-order valence-electron chi connectivity index (χ1n) is 9.12. The van der Waals surface area contributed by atoms with Crippen molar-refractivity contribution in [3.8, 4) is 11.4 Å². The standard InChI is InChI=1S/C21H22N4OS/c1-15-7-9-16(10-8-15)19-23-24-20(27)25(19)13-18(26)22-14-21(11-12-21)17-5-3-2-4-6-17/h2-10H,11-14H2,1H3,(H,22,26)(H,24,27). The van der Waals surface area contributed by atoms with E-state index in [2.05, 4.69) is 39.8 Å². The third-order valence-corrected chi connectivity index (χ3v) is 5.55. The maximum atomic E-state index is 12.6. The van der Waals surface area contributed by atoms with E-state index in [9.17, 15) is 4.79 Å². The van der Waals surface area contributed by atoms with Gasteiger partial charge in [0.2, 0.25) is 5.91 Å². The minimum Gasteiger partial charge on any atom is -0.354 e. The molecule has 0 aliphatic heterocycles. The van der Waals surface area contributed by atoms with Crippen LogP contribution in [0, 0.1) is 11.7 Å². The summed E-state index contributed by atoms with van der Waals surface area (Å²) in [5.74, 6) is 0.627. The molecule has 0 radical (unpaired) electrons. The normalized spacial score (nSPS) is 14.7. The molecule has 1 aliphatic rings. The third-order valence-electron chi connectivity index (χ3n) is 5.23. The molecular formula is C21H22N4OS. The molecule has 2 aromatic carbocycles. The number of hydrogen-bond donors (Lipinski definition) is 2. The average Bonchev–Trinajstić information content (AvgIpc) is 3.41. The van der Waals surface area contributed by atoms with Crippen LogP contribution in [0.1, 0.15) is 24.0 Å². The molecule has 1 amide bonds. The van der Waals surface area contributed by atoms with Gasteiger partial charge >= 0.3 is 0 Å². The number of amides is 1. The van der Waals surface area contributed by atoms with E-state index >= 15 is 0 Å². The molecular weight excluding hydrogens is 356 g/mol. The second-order valence-corrected chi connectivity index (χ2v) is 7.61. The van der Waals surface area contributed by atoms with Gasteiger partial charge in [-0.05, 0) is 37.5 Å². The van der Waals surface area contributed by atoms with Crippen molar-refractivity contribution in [3.05, 3.63) is 70.5 Å². The molecule has 138 valence electrons. The van der Waals surface area contributed by atoms with Crippen molar-refractivity contribution >= 4 is 18.1 Å². The Hall–Kier alpha value is -2.73. The van der Waals surface area contributed by atoms with Crippen LogP contribution in [-0.2, 0) is 16.8 Å². The number of aromatic nitrogens is 3. The predicted octanol–water partition coefficient (Wildman–Crippen LogP) is 3.76. The molecule has 1 fully saturated rings. The van der Waals surface area contributed by atoms with Crippen LogP contribution in [0.25, 0.3) is 11.4 Å². The van der Waals surface area contributed by atoms with Crippen LogP contribution in [0.5, 0.6) is 0 Å². The lowest BCUT2D eigenvalue weighted by atomic mass is 9.96. The van der Waals surface area contributed by atoms with E-state index in [1.807, 2.05) is 37.3 Å². The van der Waals surface area contributed by atoms with Crippen molar-refractivity contribution in [1.82, 2.24) is 20.1 Å². The van der Waals surface area contributed by atoms with Crippen LogP contribution in [-0.4, -0.2) is 27.2 Å². The second-order valence-electron chi connectivity index (χ2n) is 7.23. The van der Waals surface area contributed by atoms with E-state index < -0.39 is 0 Å². The zero-order chi connectivity index (χ0) is 18.9. The number of rotatable bonds is 6. The summed E-state index contributed by atoms with van der Waals surface area (Å²) < 4.78 is 2.20. The zero-order valence-electron chi connectivity index (χ0n) is 15.2. The van der Waals surface area contributed by atoms with E-state index in [4.69, 9.17) is 12.2 Å². The molecule has 0 atom stereocenters. The quantitative estimate of drug-likeness (QED) is 0.642. The van der Waals surface area contributed by atoms with Crippen molar-refractivity contribution in [2.45, 2.75) is 31.7 Å². The topological polar surface area (TPSA) is 62.7 Å². The molecule has 0 saturated heterocycles. The van der Waals surface area contributed by atoms with Gasteiger partial charge in [0.05, 0.1) is 0 Å². The van der Waals surface area contributed by atoms with Crippen LogP contribution >= 0.6 is 12.2 Å². The zero-order valence-corrected chi connectivity index (χ0v) is 16.1. The van der Waals surface area contributed by atoms with Gasteiger partial charge in [-0.15, -0.1) is 0 Å². The summed E-state index contributed by atoms with van der Waals surface area (Å²) in [6, 6.07) is 18.4. The van der Waals surface area contributed by atoms with Crippen molar-refractivity contribution < 1.29 is 4.79 Å². The lowest BCUT2D eigenvalue weighted by molar-refractivity contribution is -0.121. The Balaban J connectivity index is 1.46. The monoisotopic (exact) mass is 378 g/mol. The van der Waals surface area contributed by atoms with Crippen molar-refractivity contribution in [3.63, 3.8) is 0 Å². The summed E-state index contributed by atoms with van der Waals surface area (Å²) in [6.07, 6.45) is 2.22. The van der Waals surface area contributed by atoms with Gasteiger partial charge in [0.15, 0.2) is 10.6 Å². The summed E-state index contributed by atoms with van der Waals surface area (Å²) in [5, 5.41) is 10.2. The number of nitrogens with one attached hydrogen (secondary N) is 2. The fourth-order valence-electron chi connectivity index (χ4n) is 3.36. The number of carbonyl (C=O) groups excluding carboxylic acids is 1. The Morgan fingerprint density at radius 2 is 1.89 bits per heavy atom. The molecule has 2 N–H and O–H groups in total. The van der Waals surface area contributed by atoms with Gasteiger partial charge in [-0.1, -0.05) is 60.2 Å². The fraction of sp³-hybridized carbons (Fsp3) is 0.286. The Morgan fingerprint density at radius 3 is 2.56 bits per heavy atom. The minimum absolute atomic E-state index is 0.0527. The molecule has 1 aliphatic carbocycles. The molecule has 6 heteroatoms. The molecule has 1 aromatic heterocycles. The molecule has 3 aromatic rings. The maximum absolute atomic E-state index is 12.6. The third kappa shape index (κ3) is 3.71. The van der Waals surface area contributed by atoms with Crippen molar-refractivity contribution in [1.29, 1.82) is 0 Å². The van der Waals surface area contributed by atoms with Gasteiger partial charge in [-0.2, -0.15) is 5.10 Å². The average molecular weight is 379 g/mol. The second kappa shape index (κ2) is 7.12. The highest BCUT2D eigenvalue weighted by atomic mass is 32.1. The van der Waals surface area contributed by atoms with Crippen LogP contribution < -0.4 is 5.32 Å². The Bertz CT molecular complexity index is 1000. The minimum atomic E-state index is -0.0527. The van der Waals surface area contributed by atoms with Gasteiger partial charge in [0, 0.05) is 17.5 Å². The molecule has 1 heterocycles. The molecule has 27 heavy (non-hydrogen) atoms. The number of H-pyrrole nitrogens is 1. The number of aromatic amines is 1. The van der Waals surface area contributed by atoms with Crippen LogP contribution in [0.3, 0.4) is 0 Å². The summed E-state index contributed by atoms with van der Waals surface area (Å²) >= 11 is 5.33. The lowest BCUT2D eigenvalue weighted by Gasteiger charge is -2.17. The fourth-order valence-corrected chi connectivity index (χ4v) is 3.56. The van der Waals surface area contributed by atoms with E-state index in [0.29, 0.717) is 17.1 Å². The van der Waals surface area contributed by atoms with Gasteiger partial charge < -0.3 is 5.32 Å². The number of benzene rings is 2. The van der Waals surface area contributed by atoms with Gasteiger partial charge in [-0.3, -0.25) is 14.5 Å². The van der Waals surface area contributed by atoms with Gasteiger partial charge in [-0.25, -0.2) is 0 Å². The molecule has 0 unspecified atom stereocenters. The van der Waals surface area contributed by atoms with E-state index in [1.165, 1.54) is 11.1 Å². The summed E-state index contributed by atoms with van der Waals surface area (Å²) in [5.41, 5.74) is 3.50. The molecule has 4 rings (SSSR count).